The van der Waals surface area contributed by atoms with Gasteiger partial charge in [0.15, 0.2) is 0 Å². The second kappa shape index (κ2) is 17.2. The molecule has 6 nitrogen and oxygen atoms in total. The quantitative estimate of drug-likeness (QED) is 0.0904. The summed E-state index contributed by atoms with van der Waals surface area (Å²) in [5.41, 5.74) is 7.77. The summed E-state index contributed by atoms with van der Waals surface area (Å²) in [7, 11) is -2.56. The first-order chi connectivity index (χ1) is 29.2. The minimum atomic E-state index is -1.68. The Kier molecular flexibility index (Phi) is 12.1. The van der Waals surface area contributed by atoms with Gasteiger partial charge in [-0.2, -0.15) is 0 Å². The van der Waals surface area contributed by atoms with Crippen LogP contribution in [0.5, 0.6) is 11.5 Å². The van der Waals surface area contributed by atoms with Gasteiger partial charge in [-0.3, -0.25) is 0 Å². The van der Waals surface area contributed by atoms with Gasteiger partial charge in [0.05, 0.1) is 18.6 Å². The summed E-state index contributed by atoms with van der Waals surface area (Å²) in [5, 5.41) is 0. The predicted molar refractivity (Wildman–Crippen MR) is 247 cm³/mol. The molecule has 2 saturated heterocycles. The summed E-state index contributed by atoms with van der Waals surface area (Å²) in [6.07, 6.45) is 0. The van der Waals surface area contributed by atoms with Crippen molar-refractivity contribution >= 4 is 15.9 Å². The van der Waals surface area contributed by atoms with E-state index in [1.165, 1.54) is 33.4 Å². The van der Waals surface area contributed by atoms with Crippen LogP contribution >= 0.6 is 8.60 Å². The van der Waals surface area contributed by atoms with Crippen molar-refractivity contribution in [3.8, 4) is 11.5 Å². The Bertz CT molecular complexity index is 2210. The van der Waals surface area contributed by atoms with Crippen molar-refractivity contribution in [2.24, 2.45) is 5.41 Å². The van der Waals surface area contributed by atoms with Gasteiger partial charge in [-0.15, -0.1) is 0 Å². The first kappa shape index (κ1) is 42.9. The molecule has 61 heavy (non-hydrogen) atoms. The summed E-state index contributed by atoms with van der Waals surface area (Å²) in [6.45, 7) is 19.5. The molecule has 314 valence electrons. The van der Waals surface area contributed by atoms with Crippen molar-refractivity contribution in [2.45, 2.75) is 77.0 Å². The molecular weight excluding hydrogens is 774 g/mol. The highest BCUT2D eigenvalue weighted by atomic mass is 31.2. The molecule has 0 aromatic heterocycles. The zero-order valence-electron chi connectivity index (χ0n) is 36.8. The van der Waals surface area contributed by atoms with E-state index >= 15 is 0 Å². The first-order valence-electron chi connectivity index (χ1n) is 21.4. The molecule has 0 N–H and O–H groups in total. The predicted octanol–water partition coefficient (Wildman–Crippen LogP) is 12.7. The molecule has 0 atom stereocenters. The Morgan fingerprint density at radius 3 is 1.20 bits per heavy atom. The average Bonchev–Trinajstić information content (AvgIpc) is 3.29. The normalized spacial score (nSPS) is 16.4. The van der Waals surface area contributed by atoms with Gasteiger partial charge < -0.3 is 27.5 Å². The zero-order valence-corrected chi connectivity index (χ0v) is 37.7. The van der Waals surface area contributed by atoms with Gasteiger partial charge in [0.25, 0.3) is 0 Å². The Morgan fingerprint density at radius 2 is 0.787 bits per heavy atom. The van der Waals surface area contributed by atoms with E-state index in [0.717, 1.165) is 22.6 Å². The minimum absolute atomic E-state index is 0.220. The second-order valence-corrected chi connectivity index (χ2v) is 19.9. The lowest BCUT2D eigenvalue weighted by atomic mass is 9.73. The van der Waals surface area contributed by atoms with E-state index in [0.29, 0.717) is 26.4 Å². The molecule has 0 aliphatic carbocycles. The van der Waals surface area contributed by atoms with Gasteiger partial charge in [0.1, 0.15) is 11.5 Å². The van der Waals surface area contributed by atoms with E-state index < -0.39 is 21.3 Å². The molecule has 2 aliphatic rings. The summed E-state index contributed by atoms with van der Waals surface area (Å²) < 4.78 is 38.7. The first-order valence-corrected chi connectivity index (χ1v) is 22.4. The van der Waals surface area contributed by atoms with E-state index in [2.05, 4.69) is 213 Å². The molecule has 0 radical (unpaired) electrons. The number of benzene rings is 6. The lowest BCUT2D eigenvalue weighted by Gasteiger charge is -2.41. The molecule has 6 aromatic rings. The topological polar surface area (TPSA) is 55.4 Å². The third kappa shape index (κ3) is 8.83. The van der Waals surface area contributed by atoms with E-state index in [1.54, 1.807) is 0 Å². The van der Waals surface area contributed by atoms with Crippen molar-refractivity contribution in [3.63, 3.8) is 0 Å². The van der Waals surface area contributed by atoms with Crippen LogP contribution in [0.4, 0.5) is 0 Å². The third-order valence-electron chi connectivity index (χ3n) is 13.1. The van der Waals surface area contributed by atoms with Crippen LogP contribution in [0, 0.1) is 5.41 Å². The number of rotatable bonds is 12. The van der Waals surface area contributed by atoms with Crippen molar-refractivity contribution < 1.29 is 27.5 Å². The molecule has 8 rings (SSSR count). The lowest BCUT2D eigenvalue weighted by Crippen LogP contribution is -2.52. The van der Waals surface area contributed by atoms with Gasteiger partial charge in [-0.1, -0.05) is 201 Å². The fraction of sp³-hybridized carbons (Fsp3) is 0.321. The molecule has 8 heteroatoms. The van der Waals surface area contributed by atoms with Gasteiger partial charge in [-0.25, -0.2) is 0 Å². The number of hydrogen-bond acceptors (Lipinski definition) is 6. The molecule has 0 amide bonds. The molecule has 1 spiro atoms. The average molecular weight is 833 g/mol. The largest absolute Gasteiger partial charge is 0.713 e. The fourth-order valence-corrected chi connectivity index (χ4v) is 9.83. The molecule has 6 aromatic carbocycles. The highest BCUT2D eigenvalue weighted by Crippen LogP contribution is 2.51. The van der Waals surface area contributed by atoms with Gasteiger partial charge in [0.2, 0.25) is 0 Å². The van der Waals surface area contributed by atoms with Crippen LogP contribution in [0.3, 0.4) is 0 Å². The van der Waals surface area contributed by atoms with Crippen LogP contribution in [0.1, 0.15) is 99.9 Å². The zero-order chi connectivity index (χ0) is 42.9. The van der Waals surface area contributed by atoms with Crippen molar-refractivity contribution in [1.29, 1.82) is 0 Å². The van der Waals surface area contributed by atoms with E-state index in [4.69, 9.17) is 27.5 Å². The minimum Gasteiger partial charge on any atom is -0.512 e. The van der Waals surface area contributed by atoms with Crippen molar-refractivity contribution in [3.05, 3.63) is 202 Å². The standard InChI is InChI=1S/C53H58BO6P/c1-49(2,39-21-13-9-14-22-39)43-29-31-47(45(33-43)51(5,6)41-25-17-11-18-26-41)59-54-55-35-53(36-56-54)37-57-61(58-38-53)60-48-32-30-44(50(3,4)40-23-15-10-16-24-40)34-46(48)52(7,8)42-27-19-12-20-28-42/h9-34H,35-38H2,1-8H3. The highest BCUT2D eigenvalue weighted by molar-refractivity contribution is 7.42. The third-order valence-corrected chi connectivity index (χ3v) is 14.2. The van der Waals surface area contributed by atoms with Crippen LogP contribution < -0.4 is 9.18 Å². The Balaban J connectivity index is 0.971. The van der Waals surface area contributed by atoms with Crippen LogP contribution in [0.2, 0.25) is 0 Å². The van der Waals surface area contributed by atoms with Gasteiger partial charge >= 0.3 is 15.9 Å². The van der Waals surface area contributed by atoms with E-state index in [-0.39, 0.29) is 21.7 Å². The lowest BCUT2D eigenvalue weighted by molar-refractivity contribution is -0.0874. The highest BCUT2D eigenvalue weighted by Gasteiger charge is 2.47. The molecule has 0 bridgehead atoms. The summed E-state index contributed by atoms with van der Waals surface area (Å²) in [6, 6.07) is 55.5. The molecule has 2 heterocycles. The summed E-state index contributed by atoms with van der Waals surface area (Å²) in [4.78, 5) is 0. The fourth-order valence-electron chi connectivity index (χ4n) is 8.57. The van der Waals surface area contributed by atoms with Crippen LogP contribution in [-0.2, 0) is 40.0 Å². The van der Waals surface area contributed by atoms with Gasteiger partial charge in [-0.05, 0) is 45.5 Å². The van der Waals surface area contributed by atoms with Gasteiger partial charge in [0, 0.05) is 46.0 Å². The van der Waals surface area contributed by atoms with E-state index in [9.17, 15) is 0 Å². The molecular formula is C53H58BO6P. The summed E-state index contributed by atoms with van der Waals surface area (Å²) >= 11 is 0. The SMILES string of the molecule is CC(C)(c1ccccc1)c1ccc(OB2OCC3(CO2)COP(Oc2ccc(C(C)(C)c4ccccc4)cc2C(C)(C)c2ccccc2)OC3)c(C(C)(C)c2ccccc2)c1. The van der Waals surface area contributed by atoms with Crippen LogP contribution in [0.25, 0.3) is 0 Å². The molecule has 2 fully saturated rings. The molecule has 2 aliphatic heterocycles. The maximum absolute atomic E-state index is 6.66. The molecule has 0 saturated carbocycles. The Labute approximate surface area is 364 Å². The Hall–Kier alpha value is -4.75. The second-order valence-electron chi connectivity index (χ2n) is 18.8. The monoisotopic (exact) mass is 832 g/mol. The molecule has 0 unspecified atom stereocenters. The maximum Gasteiger partial charge on any atom is 0.713 e. The Morgan fingerprint density at radius 1 is 0.426 bits per heavy atom. The van der Waals surface area contributed by atoms with E-state index in [1.807, 2.05) is 0 Å². The number of hydrogen-bond donors (Lipinski definition) is 0. The summed E-state index contributed by atoms with van der Waals surface area (Å²) in [5.74, 6) is 1.48. The van der Waals surface area contributed by atoms with Crippen molar-refractivity contribution in [2.75, 3.05) is 26.4 Å². The van der Waals surface area contributed by atoms with Crippen molar-refractivity contribution in [1.82, 2.24) is 0 Å². The maximum atomic E-state index is 6.66. The van der Waals surface area contributed by atoms with Crippen LogP contribution in [-0.4, -0.2) is 33.7 Å². The smallest absolute Gasteiger partial charge is 0.512 e. The van der Waals surface area contributed by atoms with Crippen LogP contribution in [0.15, 0.2) is 158 Å².